The van der Waals surface area contributed by atoms with E-state index in [1.54, 1.807) is 31.0 Å². The number of nitrogens with zero attached hydrogens (tertiary/aromatic N) is 3. The molecule has 0 spiro atoms. The molecule has 1 amide bonds. The molecule has 0 radical (unpaired) electrons. The molecule has 2 aromatic rings. The van der Waals surface area contributed by atoms with Crippen LogP contribution in [0.5, 0.6) is 5.75 Å². The number of amides is 1. The maximum absolute atomic E-state index is 11.6. The summed E-state index contributed by atoms with van der Waals surface area (Å²) >= 11 is 0. The van der Waals surface area contributed by atoms with Crippen LogP contribution in [0, 0.1) is 6.92 Å². The van der Waals surface area contributed by atoms with Crippen molar-refractivity contribution in [3.05, 3.63) is 36.2 Å². The van der Waals surface area contributed by atoms with E-state index in [-0.39, 0.29) is 18.2 Å². The number of aryl methyl sites for hydroxylation is 1. The molecule has 0 unspecified atom stereocenters. The quantitative estimate of drug-likeness (QED) is 0.911. The molecule has 0 aliphatic rings. The molecule has 2 rings (SSSR count). The van der Waals surface area contributed by atoms with Crippen LogP contribution in [-0.4, -0.2) is 39.8 Å². The molecule has 100 valence electrons. The zero-order chi connectivity index (χ0) is 14.0. The summed E-state index contributed by atoms with van der Waals surface area (Å²) in [6.07, 6.45) is 3.54. The number of rotatable bonds is 3. The normalized spacial score (nSPS) is 10.5. The number of carbonyl (C=O) groups excluding carboxylic acids is 1. The SMILES string of the molecule is Cc1cc(-c2cnn(CC(=O)N(C)C)c2)ccc1O. The van der Waals surface area contributed by atoms with Gasteiger partial charge in [-0.05, 0) is 30.2 Å². The van der Waals surface area contributed by atoms with Crippen LogP contribution < -0.4 is 0 Å². The molecule has 0 aliphatic carbocycles. The van der Waals surface area contributed by atoms with Crippen LogP contribution >= 0.6 is 0 Å². The Bertz CT molecular complexity index is 602. The molecule has 0 atom stereocenters. The van der Waals surface area contributed by atoms with Gasteiger partial charge in [-0.1, -0.05) is 6.07 Å². The minimum absolute atomic E-state index is 0.00321. The first kappa shape index (κ1) is 13.1. The standard InChI is InChI=1S/C14H17N3O2/c1-10-6-11(4-5-13(10)18)12-7-15-17(8-12)9-14(19)16(2)3/h4-8,18H,9H2,1-3H3. The van der Waals surface area contributed by atoms with Crippen LogP contribution in [-0.2, 0) is 11.3 Å². The van der Waals surface area contributed by atoms with E-state index in [9.17, 15) is 9.90 Å². The lowest BCUT2D eigenvalue weighted by atomic mass is 10.1. The van der Waals surface area contributed by atoms with Crippen molar-refractivity contribution < 1.29 is 9.90 Å². The first-order valence-electron chi connectivity index (χ1n) is 6.00. The molecule has 5 heteroatoms. The number of benzene rings is 1. The van der Waals surface area contributed by atoms with Crippen molar-refractivity contribution in [2.45, 2.75) is 13.5 Å². The molecule has 0 fully saturated rings. The largest absolute Gasteiger partial charge is 0.508 e. The van der Waals surface area contributed by atoms with E-state index in [1.165, 1.54) is 4.90 Å². The predicted octanol–water partition coefficient (Wildman–Crippen LogP) is 1.65. The monoisotopic (exact) mass is 259 g/mol. The molecular formula is C14H17N3O2. The molecule has 0 bridgehead atoms. The molecule has 19 heavy (non-hydrogen) atoms. The van der Waals surface area contributed by atoms with Crippen molar-refractivity contribution >= 4 is 5.91 Å². The van der Waals surface area contributed by atoms with Gasteiger partial charge in [-0.15, -0.1) is 0 Å². The average molecular weight is 259 g/mol. The van der Waals surface area contributed by atoms with Crippen molar-refractivity contribution in [1.29, 1.82) is 0 Å². The lowest BCUT2D eigenvalue weighted by molar-refractivity contribution is -0.129. The van der Waals surface area contributed by atoms with Crippen LogP contribution in [0.2, 0.25) is 0 Å². The first-order valence-corrected chi connectivity index (χ1v) is 6.00. The molecule has 5 nitrogen and oxygen atoms in total. The van der Waals surface area contributed by atoms with Gasteiger partial charge in [-0.2, -0.15) is 5.10 Å². The fourth-order valence-corrected chi connectivity index (χ4v) is 1.71. The smallest absolute Gasteiger partial charge is 0.243 e. The van der Waals surface area contributed by atoms with Gasteiger partial charge in [0.1, 0.15) is 12.3 Å². The summed E-state index contributed by atoms with van der Waals surface area (Å²) < 4.78 is 1.61. The van der Waals surface area contributed by atoms with Crippen molar-refractivity contribution in [2.75, 3.05) is 14.1 Å². The van der Waals surface area contributed by atoms with Gasteiger partial charge >= 0.3 is 0 Å². The van der Waals surface area contributed by atoms with Gasteiger partial charge in [0.15, 0.2) is 0 Å². The Morgan fingerprint density at radius 2 is 2.11 bits per heavy atom. The summed E-state index contributed by atoms with van der Waals surface area (Å²) in [5, 5.41) is 13.7. The van der Waals surface area contributed by atoms with Crippen molar-refractivity contribution in [3.63, 3.8) is 0 Å². The van der Waals surface area contributed by atoms with Crippen LogP contribution in [0.25, 0.3) is 11.1 Å². The van der Waals surface area contributed by atoms with Crippen LogP contribution in [0.15, 0.2) is 30.6 Å². The number of carbonyl (C=O) groups is 1. The van der Waals surface area contributed by atoms with E-state index in [0.29, 0.717) is 0 Å². The minimum atomic E-state index is -0.00321. The molecule has 1 heterocycles. The van der Waals surface area contributed by atoms with E-state index in [4.69, 9.17) is 0 Å². The second kappa shape index (κ2) is 5.14. The predicted molar refractivity (Wildman–Crippen MR) is 72.8 cm³/mol. The fourth-order valence-electron chi connectivity index (χ4n) is 1.71. The van der Waals surface area contributed by atoms with Crippen molar-refractivity contribution in [1.82, 2.24) is 14.7 Å². The molecule has 1 aromatic heterocycles. The minimum Gasteiger partial charge on any atom is -0.508 e. The van der Waals surface area contributed by atoms with Gasteiger partial charge in [0.25, 0.3) is 0 Å². The molecule has 1 N–H and O–H groups in total. The molecule has 1 aromatic carbocycles. The summed E-state index contributed by atoms with van der Waals surface area (Å²) in [6.45, 7) is 2.07. The van der Waals surface area contributed by atoms with Crippen LogP contribution in [0.1, 0.15) is 5.56 Å². The maximum atomic E-state index is 11.6. The number of aromatic nitrogens is 2. The third-order valence-electron chi connectivity index (χ3n) is 2.96. The first-order chi connectivity index (χ1) is 8.97. The van der Waals surface area contributed by atoms with Gasteiger partial charge in [0.2, 0.25) is 5.91 Å². The topological polar surface area (TPSA) is 58.4 Å². The Hall–Kier alpha value is -2.30. The highest BCUT2D eigenvalue weighted by atomic mass is 16.3. The number of hydrogen-bond donors (Lipinski definition) is 1. The van der Waals surface area contributed by atoms with Gasteiger partial charge < -0.3 is 10.0 Å². The van der Waals surface area contributed by atoms with E-state index in [2.05, 4.69) is 5.10 Å². The Labute approximate surface area is 112 Å². The summed E-state index contributed by atoms with van der Waals surface area (Å²) in [4.78, 5) is 13.1. The van der Waals surface area contributed by atoms with E-state index >= 15 is 0 Å². The summed E-state index contributed by atoms with van der Waals surface area (Å²) in [7, 11) is 3.44. The van der Waals surface area contributed by atoms with Crippen LogP contribution in [0.4, 0.5) is 0 Å². The lowest BCUT2D eigenvalue weighted by Crippen LogP contribution is -2.26. The number of phenols is 1. The fraction of sp³-hybridized carbons (Fsp3) is 0.286. The lowest BCUT2D eigenvalue weighted by Gasteiger charge is -2.09. The van der Waals surface area contributed by atoms with Crippen LogP contribution in [0.3, 0.4) is 0 Å². The highest BCUT2D eigenvalue weighted by Gasteiger charge is 2.08. The van der Waals surface area contributed by atoms with E-state index < -0.39 is 0 Å². The molecule has 0 saturated heterocycles. The van der Waals surface area contributed by atoms with Gasteiger partial charge in [0.05, 0.1) is 6.20 Å². The Balaban J connectivity index is 2.21. The Morgan fingerprint density at radius 1 is 1.37 bits per heavy atom. The van der Waals surface area contributed by atoms with E-state index in [0.717, 1.165) is 16.7 Å². The number of likely N-dealkylation sites (N-methyl/N-ethyl adjacent to an activating group) is 1. The number of aromatic hydroxyl groups is 1. The molecule has 0 saturated carbocycles. The number of phenolic OH excluding ortho intramolecular Hbond substituents is 1. The Morgan fingerprint density at radius 3 is 2.74 bits per heavy atom. The van der Waals surface area contributed by atoms with Crippen molar-refractivity contribution in [3.8, 4) is 16.9 Å². The van der Waals surface area contributed by atoms with Gasteiger partial charge in [0, 0.05) is 25.9 Å². The highest BCUT2D eigenvalue weighted by molar-refractivity contribution is 5.75. The second-order valence-corrected chi connectivity index (χ2v) is 4.72. The summed E-state index contributed by atoms with van der Waals surface area (Å²) in [5.74, 6) is 0.274. The Kier molecular flexibility index (Phi) is 3.55. The number of hydrogen-bond acceptors (Lipinski definition) is 3. The van der Waals surface area contributed by atoms with Crippen molar-refractivity contribution in [2.24, 2.45) is 0 Å². The zero-order valence-electron chi connectivity index (χ0n) is 11.3. The highest BCUT2D eigenvalue weighted by Crippen LogP contribution is 2.24. The summed E-state index contributed by atoms with van der Waals surface area (Å²) in [5.41, 5.74) is 2.71. The third-order valence-corrected chi connectivity index (χ3v) is 2.96. The maximum Gasteiger partial charge on any atom is 0.243 e. The third kappa shape index (κ3) is 2.93. The van der Waals surface area contributed by atoms with Gasteiger partial charge in [-0.25, -0.2) is 0 Å². The second-order valence-electron chi connectivity index (χ2n) is 4.72. The summed E-state index contributed by atoms with van der Waals surface area (Å²) in [6, 6.07) is 5.38. The van der Waals surface area contributed by atoms with Gasteiger partial charge in [-0.3, -0.25) is 9.48 Å². The zero-order valence-corrected chi connectivity index (χ0v) is 11.3. The van der Waals surface area contributed by atoms with E-state index in [1.807, 2.05) is 25.3 Å². The average Bonchev–Trinajstić information content (AvgIpc) is 2.81. The molecule has 0 aliphatic heterocycles. The molecular weight excluding hydrogens is 242 g/mol.